The van der Waals surface area contributed by atoms with E-state index in [1.807, 2.05) is 30.3 Å². The molecule has 3 aromatic rings. The molecular formula is C19H20N2O4S. The van der Waals surface area contributed by atoms with Gasteiger partial charge in [0.25, 0.3) is 5.91 Å². The van der Waals surface area contributed by atoms with Crippen LogP contribution in [0.1, 0.15) is 29.1 Å². The van der Waals surface area contributed by atoms with Crippen molar-refractivity contribution in [3.05, 3.63) is 65.9 Å². The molecule has 2 aromatic carbocycles. The van der Waals surface area contributed by atoms with Crippen molar-refractivity contribution in [1.82, 2.24) is 9.62 Å². The molecule has 0 aliphatic rings. The van der Waals surface area contributed by atoms with Gasteiger partial charge in [-0.1, -0.05) is 24.3 Å². The van der Waals surface area contributed by atoms with E-state index in [-0.39, 0.29) is 10.8 Å². The molecule has 1 aromatic heterocycles. The van der Waals surface area contributed by atoms with Crippen LogP contribution < -0.4 is 4.72 Å². The Hall–Kier alpha value is -2.64. The second-order valence-corrected chi connectivity index (χ2v) is 7.97. The number of hydrogen-bond acceptors (Lipinski definition) is 4. The second kappa shape index (κ2) is 6.93. The van der Waals surface area contributed by atoms with Crippen LogP contribution in [0.15, 0.2) is 63.9 Å². The summed E-state index contributed by atoms with van der Waals surface area (Å²) < 4.78 is 33.7. The van der Waals surface area contributed by atoms with Crippen molar-refractivity contribution in [2.24, 2.45) is 0 Å². The number of rotatable bonds is 5. The van der Waals surface area contributed by atoms with Gasteiger partial charge in [-0.05, 0) is 37.3 Å². The normalized spacial score (nSPS) is 12.9. The largest absolute Gasteiger partial charge is 0.459 e. The minimum atomic E-state index is -3.81. The van der Waals surface area contributed by atoms with Gasteiger partial charge < -0.3 is 9.32 Å². The highest BCUT2D eigenvalue weighted by Crippen LogP contribution is 2.25. The van der Waals surface area contributed by atoms with E-state index in [1.165, 1.54) is 17.0 Å². The number of benzene rings is 2. The first kappa shape index (κ1) is 18.2. The molecule has 1 atom stereocenters. The number of amides is 1. The average Bonchev–Trinajstić information content (AvgIpc) is 3.05. The third kappa shape index (κ3) is 3.63. The van der Waals surface area contributed by atoms with E-state index >= 15 is 0 Å². The zero-order chi connectivity index (χ0) is 18.9. The third-order valence-corrected chi connectivity index (χ3v) is 5.54. The molecule has 0 saturated heterocycles. The fourth-order valence-electron chi connectivity index (χ4n) is 2.63. The summed E-state index contributed by atoms with van der Waals surface area (Å²) in [5.74, 6) is 0.266. The molecule has 0 fully saturated rings. The number of nitrogens with one attached hydrogen (secondary N) is 1. The van der Waals surface area contributed by atoms with Crippen LogP contribution in [0.25, 0.3) is 11.0 Å². The standard InChI is InChI=1S/C19H20N2O4S/c1-13(18-12-14-7-4-5-10-17(14)25-18)20-26(23,24)16-9-6-8-15(11-16)19(22)21(2)3/h4-13,20H,1-3H3. The Balaban J connectivity index is 1.86. The Labute approximate surface area is 152 Å². The van der Waals surface area contributed by atoms with Crippen LogP contribution in [0.2, 0.25) is 0 Å². The topological polar surface area (TPSA) is 79.6 Å². The van der Waals surface area contributed by atoms with Crippen molar-refractivity contribution >= 4 is 26.9 Å². The van der Waals surface area contributed by atoms with Gasteiger partial charge in [-0.3, -0.25) is 4.79 Å². The quantitative estimate of drug-likeness (QED) is 0.746. The molecule has 136 valence electrons. The van der Waals surface area contributed by atoms with Gasteiger partial charge in [0.2, 0.25) is 10.0 Å². The number of nitrogens with zero attached hydrogens (tertiary/aromatic N) is 1. The summed E-state index contributed by atoms with van der Waals surface area (Å²) in [5.41, 5.74) is 1.02. The number of para-hydroxylation sites is 1. The first-order chi connectivity index (χ1) is 12.3. The summed E-state index contributed by atoms with van der Waals surface area (Å²) in [6.45, 7) is 1.71. The number of sulfonamides is 1. The molecule has 1 amide bonds. The molecule has 0 radical (unpaired) electrons. The number of carbonyl (C=O) groups is 1. The van der Waals surface area contributed by atoms with Gasteiger partial charge in [-0.15, -0.1) is 0 Å². The van der Waals surface area contributed by atoms with Crippen LogP contribution in [0.4, 0.5) is 0 Å². The fourth-order valence-corrected chi connectivity index (χ4v) is 3.89. The lowest BCUT2D eigenvalue weighted by Gasteiger charge is -2.14. The molecule has 0 bridgehead atoms. The molecule has 1 heterocycles. The molecule has 1 N–H and O–H groups in total. The minimum absolute atomic E-state index is 0.0353. The summed E-state index contributed by atoms with van der Waals surface area (Å²) in [7, 11) is -0.575. The zero-order valence-corrected chi connectivity index (χ0v) is 15.6. The molecule has 1 unspecified atom stereocenters. The predicted molar refractivity (Wildman–Crippen MR) is 99.4 cm³/mol. The Morgan fingerprint density at radius 1 is 1.08 bits per heavy atom. The summed E-state index contributed by atoms with van der Waals surface area (Å²) in [6, 6.07) is 14.7. The third-order valence-electron chi connectivity index (χ3n) is 4.00. The van der Waals surface area contributed by atoms with E-state index in [2.05, 4.69) is 4.72 Å². The summed E-state index contributed by atoms with van der Waals surface area (Å²) in [6.07, 6.45) is 0. The molecular weight excluding hydrogens is 352 g/mol. The van der Waals surface area contributed by atoms with E-state index in [0.29, 0.717) is 16.9 Å². The Morgan fingerprint density at radius 3 is 2.50 bits per heavy atom. The van der Waals surface area contributed by atoms with Crippen molar-refractivity contribution in [2.75, 3.05) is 14.1 Å². The molecule has 6 nitrogen and oxygen atoms in total. The van der Waals surface area contributed by atoms with E-state index in [1.54, 1.807) is 33.2 Å². The van der Waals surface area contributed by atoms with Crippen molar-refractivity contribution < 1.29 is 17.6 Å². The molecule has 0 saturated carbocycles. The number of fused-ring (bicyclic) bond motifs is 1. The van der Waals surface area contributed by atoms with Crippen LogP contribution >= 0.6 is 0 Å². The minimum Gasteiger partial charge on any atom is -0.459 e. The fraction of sp³-hybridized carbons (Fsp3) is 0.211. The SMILES string of the molecule is CC(NS(=O)(=O)c1cccc(C(=O)N(C)C)c1)c1cc2ccccc2o1. The van der Waals surface area contributed by atoms with Crippen LogP contribution in [0, 0.1) is 0 Å². The molecule has 0 spiro atoms. The lowest BCUT2D eigenvalue weighted by molar-refractivity contribution is 0.0827. The van der Waals surface area contributed by atoms with Gasteiger partial charge in [0, 0.05) is 25.0 Å². The van der Waals surface area contributed by atoms with Crippen LogP contribution in [-0.4, -0.2) is 33.3 Å². The van der Waals surface area contributed by atoms with Gasteiger partial charge in [-0.2, -0.15) is 0 Å². The van der Waals surface area contributed by atoms with Gasteiger partial charge in [-0.25, -0.2) is 13.1 Å². The van der Waals surface area contributed by atoms with Crippen LogP contribution in [0.3, 0.4) is 0 Å². The molecule has 3 rings (SSSR count). The zero-order valence-electron chi connectivity index (χ0n) is 14.8. The second-order valence-electron chi connectivity index (χ2n) is 6.26. The number of hydrogen-bond donors (Lipinski definition) is 1. The van der Waals surface area contributed by atoms with Crippen molar-refractivity contribution in [1.29, 1.82) is 0 Å². The highest BCUT2D eigenvalue weighted by Gasteiger charge is 2.22. The summed E-state index contributed by atoms with van der Waals surface area (Å²) in [5, 5.41) is 0.909. The maximum absolute atomic E-state index is 12.7. The smallest absolute Gasteiger partial charge is 0.253 e. The first-order valence-electron chi connectivity index (χ1n) is 8.10. The van der Waals surface area contributed by atoms with E-state index < -0.39 is 16.1 Å². The van der Waals surface area contributed by atoms with Crippen molar-refractivity contribution in [2.45, 2.75) is 17.9 Å². The van der Waals surface area contributed by atoms with Gasteiger partial charge >= 0.3 is 0 Å². The summed E-state index contributed by atoms with van der Waals surface area (Å²) >= 11 is 0. The first-order valence-corrected chi connectivity index (χ1v) is 9.59. The monoisotopic (exact) mass is 372 g/mol. The van der Waals surface area contributed by atoms with Gasteiger partial charge in [0.1, 0.15) is 11.3 Å². The lowest BCUT2D eigenvalue weighted by atomic mass is 10.2. The van der Waals surface area contributed by atoms with Crippen LogP contribution in [0.5, 0.6) is 0 Å². The van der Waals surface area contributed by atoms with Crippen molar-refractivity contribution in [3.63, 3.8) is 0 Å². The maximum Gasteiger partial charge on any atom is 0.253 e. The molecule has 7 heteroatoms. The number of furan rings is 1. The van der Waals surface area contributed by atoms with E-state index in [9.17, 15) is 13.2 Å². The molecule has 0 aliphatic carbocycles. The van der Waals surface area contributed by atoms with Gasteiger partial charge in [0.05, 0.1) is 10.9 Å². The lowest BCUT2D eigenvalue weighted by Crippen LogP contribution is -2.27. The Kier molecular flexibility index (Phi) is 4.84. The maximum atomic E-state index is 12.7. The molecule has 26 heavy (non-hydrogen) atoms. The Bertz CT molecular complexity index is 1020. The average molecular weight is 372 g/mol. The number of carbonyl (C=O) groups excluding carboxylic acids is 1. The summed E-state index contributed by atoms with van der Waals surface area (Å²) in [4.78, 5) is 13.5. The molecule has 0 aliphatic heterocycles. The van der Waals surface area contributed by atoms with E-state index in [4.69, 9.17) is 4.42 Å². The van der Waals surface area contributed by atoms with Gasteiger partial charge in [0.15, 0.2) is 0 Å². The Morgan fingerprint density at radius 2 is 1.81 bits per heavy atom. The predicted octanol–water partition coefficient (Wildman–Crippen LogP) is 3.17. The highest BCUT2D eigenvalue weighted by molar-refractivity contribution is 7.89. The highest BCUT2D eigenvalue weighted by atomic mass is 32.2. The van der Waals surface area contributed by atoms with Crippen molar-refractivity contribution in [3.8, 4) is 0 Å². The van der Waals surface area contributed by atoms with E-state index in [0.717, 1.165) is 5.39 Å². The van der Waals surface area contributed by atoms with Crippen LogP contribution in [-0.2, 0) is 10.0 Å².